The van der Waals surface area contributed by atoms with Crippen molar-refractivity contribution in [2.45, 2.75) is 65.6 Å². The van der Waals surface area contributed by atoms with E-state index in [-0.39, 0.29) is 62.9 Å². The van der Waals surface area contributed by atoms with Gasteiger partial charge in [0.15, 0.2) is 0 Å². The highest BCUT2D eigenvalue weighted by molar-refractivity contribution is 5.98. The number of carbonyl (C=O) groups is 5. The van der Waals surface area contributed by atoms with Crippen LogP contribution in [0.1, 0.15) is 52.5 Å². The Morgan fingerprint density at radius 3 is 1.86 bits per heavy atom. The van der Waals surface area contributed by atoms with Crippen molar-refractivity contribution in [3.05, 3.63) is 29.8 Å². The molecule has 0 saturated carbocycles. The third-order valence-electron chi connectivity index (χ3n) is 6.79. The fraction of sp³-hybridized carbons (Fsp3) is 0.667. The van der Waals surface area contributed by atoms with E-state index in [0.29, 0.717) is 58.3 Å². The number of primary amides is 1. The predicted octanol–water partition coefficient (Wildman–Crippen LogP) is 0.814. The molecule has 0 saturated heterocycles. The lowest BCUT2D eigenvalue weighted by atomic mass is 10.0. The van der Waals surface area contributed by atoms with Crippen LogP contribution < -0.4 is 32.7 Å². The van der Waals surface area contributed by atoms with Crippen LogP contribution in [-0.4, -0.2) is 108 Å². The molecule has 1 aromatic rings. The molecule has 1 aromatic carbocycles. The second kappa shape index (κ2) is 26.1. The molecule has 2 atom stereocenters. The molecule has 5 amide bonds. The minimum atomic E-state index is -0.981. The lowest BCUT2D eigenvalue weighted by molar-refractivity contribution is -0.148. The van der Waals surface area contributed by atoms with Crippen LogP contribution in [0.25, 0.3) is 0 Å². The van der Waals surface area contributed by atoms with Gasteiger partial charge in [0.1, 0.15) is 18.7 Å². The third-order valence-corrected chi connectivity index (χ3v) is 6.79. The van der Waals surface area contributed by atoms with Gasteiger partial charge in [0.25, 0.3) is 0 Å². The highest BCUT2D eigenvalue weighted by Crippen LogP contribution is 2.13. The lowest BCUT2D eigenvalue weighted by Gasteiger charge is -2.25. The number of nitrogens with one attached hydrogen (secondary N) is 4. The summed E-state index contributed by atoms with van der Waals surface area (Å²) < 4.78 is 26.7. The SMILES string of the molecule is CC(C)C(=O)OCc1ccc(NC(=O)C(CCCNC(N)=O)NC(=O)C(NC(=O)CCOCCOCCOCCOCCN)C(C)C)cc1. The van der Waals surface area contributed by atoms with Crippen molar-refractivity contribution >= 4 is 35.4 Å². The van der Waals surface area contributed by atoms with Gasteiger partial charge in [-0.1, -0.05) is 39.8 Å². The molecule has 278 valence electrons. The Kier molecular flexibility index (Phi) is 23.0. The number of nitrogens with two attached hydrogens (primary N) is 2. The molecule has 0 spiro atoms. The van der Waals surface area contributed by atoms with Crippen LogP contribution in [0.3, 0.4) is 0 Å². The molecule has 0 heterocycles. The third kappa shape index (κ3) is 21.0. The van der Waals surface area contributed by atoms with E-state index in [1.807, 2.05) is 0 Å². The average molecular weight is 697 g/mol. The van der Waals surface area contributed by atoms with Crippen molar-refractivity contribution in [1.82, 2.24) is 16.0 Å². The van der Waals surface area contributed by atoms with Gasteiger partial charge >= 0.3 is 12.0 Å². The summed E-state index contributed by atoms with van der Waals surface area (Å²) >= 11 is 0. The summed E-state index contributed by atoms with van der Waals surface area (Å²) in [6.07, 6.45) is 0.557. The van der Waals surface area contributed by atoms with Gasteiger partial charge in [-0.2, -0.15) is 0 Å². The Labute approximate surface area is 289 Å². The van der Waals surface area contributed by atoms with Gasteiger partial charge in [-0.05, 0) is 36.5 Å². The molecule has 0 aliphatic carbocycles. The first kappa shape index (κ1) is 43.2. The summed E-state index contributed by atoms with van der Waals surface area (Å²) in [5.41, 5.74) is 11.7. The molecule has 49 heavy (non-hydrogen) atoms. The monoisotopic (exact) mass is 696 g/mol. The maximum atomic E-state index is 13.3. The maximum Gasteiger partial charge on any atom is 0.312 e. The smallest absolute Gasteiger partial charge is 0.312 e. The van der Waals surface area contributed by atoms with Crippen LogP contribution in [0.2, 0.25) is 0 Å². The first-order valence-electron chi connectivity index (χ1n) is 16.6. The van der Waals surface area contributed by atoms with Crippen LogP contribution in [0, 0.1) is 11.8 Å². The molecule has 0 radical (unpaired) electrons. The molecular weight excluding hydrogens is 640 g/mol. The largest absolute Gasteiger partial charge is 0.461 e. The zero-order chi connectivity index (χ0) is 36.4. The Hall–Kier alpha value is -3.83. The zero-order valence-corrected chi connectivity index (χ0v) is 29.3. The molecule has 0 aliphatic rings. The Morgan fingerprint density at radius 2 is 1.33 bits per heavy atom. The fourth-order valence-corrected chi connectivity index (χ4v) is 4.07. The molecule has 0 bridgehead atoms. The second-order valence-corrected chi connectivity index (χ2v) is 11.7. The van der Waals surface area contributed by atoms with Crippen molar-refractivity contribution in [3.63, 3.8) is 0 Å². The minimum Gasteiger partial charge on any atom is -0.461 e. The van der Waals surface area contributed by atoms with Crippen LogP contribution >= 0.6 is 0 Å². The van der Waals surface area contributed by atoms with Gasteiger partial charge < -0.3 is 56.4 Å². The number of carbonyl (C=O) groups excluding carboxylic acids is 5. The van der Waals surface area contributed by atoms with Crippen molar-refractivity contribution in [2.75, 3.05) is 71.3 Å². The van der Waals surface area contributed by atoms with Crippen molar-refractivity contribution in [2.24, 2.45) is 23.3 Å². The number of urea groups is 1. The minimum absolute atomic E-state index is 0.0256. The Balaban J connectivity index is 2.60. The van der Waals surface area contributed by atoms with E-state index in [0.717, 1.165) is 5.56 Å². The predicted molar refractivity (Wildman–Crippen MR) is 182 cm³/mol. The molecular formula is C33H56N6O10. The summed E-state index contributed by atoms with van der Waals surface area (Å²) in [5.74, 6) is -2.24. The normalized spacial score (nSPS) is 12.3. The van der Waals surface area contributed by atoms with Gasteiger partial charge in [0.05, 0.1) is 58.8 Å². The lowest BCUT2D eigenvalue weighted by Crippen LogP contribution is -2.54. The van der Waals surface area contributed by atoms with Gasteiger partial charge in [0.2, 0.25) is 17.7 Å². The van der Waals surface area contributed by atoms with E-state index in [2.05, 4.69) is 21.3 Å². The molecule has 1 rings (SSSR count). The molecule has 0 aliphatic heterocycles. The number of ether oxygens (including phenoxy) is 5. The van der Waals surface area contributed by atoms with Crippen molar-refractivity contribution < 1.29 is 47.7 Å². The average Bonchev–Trinajstić information content (AvgIpc) is 3.06. The number of esters is 1. The van der Waals surface area contributed by atoms with Crippen LogP contribution in [0.15, 0.2) is 24.3 Å². The first-order valence-corrected chi connectivity index (χ1v) is 16.6. The molecule has 8 N–H and O–H groups in total. The first-order chi connectivity index (χ1) is 23.4. The summed E-state index contributed by atoms with van der Waals surface area (Å²) in [4.78, 5) is 62.1. The van der Waals surface area contributed by atoms with E-state index in [4.69, 9.17) is 35.2 Å². The highest BCUT2D eigenvalue weighted by atomic mass is 16.6. The van der Waals surface area contributed by atoms with Crippen molar-refractivity contribution in [1.29, 1.82) is 0 Å². The van der Waals surface area contributed by atoms with E-state index < -0.39 is 29.9 Å². The zero-order valence-electron chi connectivity index (χ0n) is 29.3. The van der Waals surface area contributed by atoms with Crippen LogP contribution in [0.4, 0.5) is 10.5 Å². The topological polar surface area (TPSA) is 232 Å². The van der Waals surface area contributed by atoms with Gasteiger partial charge in [0, 0.05) is 25.2 Å². The standard InChI is InChI=1S/C33H56N6O10/c1-23(2)29(39-28(40)11-14-45-16-18-47-20-21-48-19-17-46-15-12-34)31(42)38-27(6-5-13-36-33(35)44)30(41)37-26-9-7-25(8-10-26)22-49-32(43)24(3)4/h7-10,23-24,27,29H,5-6,11-22,34H2,1-4H3,(H,37,41)(H,38,42)(H,39,40)(H3,35,36,44). The van der Waals surface area contributed by atoms with Gasteiger partial charge in [-0.25, -0.2) is 4.79 Å². The molecule has 16 heteroatoms. The number of hydrogen-bond donors (Lipinski definition) is 6. The molecule has 2 unspecified atom stereocenters. The van der Waals surface area contributed by atoms with Gasteiger partial charge in [-0.15, -0.1) is 0 Å². The quantitative estimate of drug-likeness (QED) is 0.0557. The Morgan fingerprint density at radius 1 is 0.755 bits per heavy atom. The summed E-state index contributed by atoms with van der Waals surface area (Å²) in [7, 11) is 0. The fourth-order valence-electron chi connectivity index (χ4n) is 4.07. The number of benzene rings is 1. The molecule has 16 nitrogen and oxygen atoms in total. The molecule has 0 fully saturated rings. The maximum absolute atomic E-state index is 13.3. The highest BCUT2D eigenvalue weighted by Gasteiger charge is 2.28. The van der Waals surface area contributed by atoms with Crippen LogP contribution in [0.5, 0.6) is 0 Å². The van der Waals surface area contributed by atoms with E-state index in [1.54, 1.807) is 52.0 Å². The van der Waals surface area contributed by atoms with E-state index >= 15 is 0 Å². The van der Waals surface area contributed by atoms with Crippen LogP contribution in [-0.2, 0) is 49.5 Å². The summed E-state index contributed by atoms with van der Waals surface area (Å²) in [6.45, 7) is 10.8. The number of anilines is 1. The van der Waals surface area contributed by atoms with E-state index in [1.165, 1.54) is 0 Å². The molecule has 0 aromatic heterocycles. The number of hydrogen-bond acceptors (Lipinski definition) is 11. The summed E-state index contributed by atoms with van der Waals surface area (Å²) in [6, 6.07) is 4.16. The van der Waals surface area contributed by atoms with E-state index in [9.17, 15) is 24.0 Å². The number of amides is 5. The van der Waals surface area contributed by atoms with Gasteiger partial charge in [-0.3, -0.25) is 19.2 Å². The summed E-state index contributed by atoms with van der Waals surface area (Å²) in [5, 5.41) is 10.7. The second-order valence-electron chi connectivity index (χ2n) is 11.7. The Bertz CT molecular complexity index is 1120. The number of rotatable bonds is 27. The van der Waals surface area contributed by atoms with Crippen molar-refractivity contribution in [3.8, 4) is 0 Å².